The predicted molar refractivity (Wildman–Crippen MR) is 213 cm³/mol. The summed E-state index contributed by atoms with van der Waals surface area (Å²) in [6.45, 7) is 0. The van der Waals surface area contributed by atoms with E-state index in [-0.39, 0.29) is 6.04 Å². The zero-order chi connectivity index (χ0) is 33.3. The number of fused-ring (bicyclic) bond motifs is 3. The average Bonchev–Trinajstić information content (AvgIpc) is 3.52. The van der Waals surface area contributed by atoms with Gasteiger partial charge in [-0.2, -0.15) is 0 Å². The topological polar surface area (TPSA) is 15.3 Å². The number of hydrogen-bond acceptors (Lipinski definition) is 2. The smallest absolute Gasteiger partial charge is 0.0607 e. The lowest BCUT2D eigenvalue weighted by Gasteiger charge is -2.34. The molecule has 0 aromatic heterocycles. The number of nitrogens with one attached hydrogen (secondary N) is 1. The van der Waals surface area contributed by atoms with Crippen molar-refractivity contribution in [2.45, 2.75) is 50.6 Å². The van der Waals surface area contributed by atoms with Gasteiger partial charge in [0.25, 0.3) is 0 Å². The number of nitrogens with zero attached hydrogens (tertiary/aromatic N) is 1. The number of anilines is 2. The van der Waals surface area contributed by atoms with Gasteiger partial charge < -0.3 is 10.2 Å². The molecule has 1 heterocycles. The second kappa shape index (κ2) is 13.4. The largest absolute Gasteiger partial charge is 0.359 e. The van der Waals surface area contributed by atoms with E-state index in [4.69, 9.17) is 0 Å². The highest BCUT2D eigenvalue weighted by Crippen LogP contribution is 2.47. The van der Waals surface area contributed by atoms with Gasteiger partial charge in [-0.3, -0.25) is 0 Å². The third kappa shape index (κ3) is 5.96. The average molecular weight is 647 g/mol. The molecule has 4 aromatic carbocycles. The Morgan fingerprint density at radius 2 is 1.10 bits per heavy atom. The van der Waals surface area contributed by atoms with E-state index in [2.05, 4.69) is 174 Å². The fourth-order valence-electron chi connectivity index (χ4n) is 8.22. The summed E-state index contributed by atoms with van der Waals surface area (Å²) in [6, 6.07) is 38.6. The SMILES string of the molecule is C1=CC(c2ccc(NC3=CC=C4C5=CC(c6ccc(C7=CCCC=C7)cc6)=CCC5N(c5ccc(-c6ccccc6)cc5)C4C3)cc2)=CCC1. The minimum atomic E-state index is 0.262. The highest BCUT2D eigenvalue weighted by Gasteiger charge is 2.43. The predicted octanol–water partition coefficient (Wildman–Crippen LogP) is 12.1. The van der Waals surface area contributed by atoms with Crippen molar-refractivity contribution in [1.29, 1.82) is 0 Å². The van der Waals surface area contributed by atoms with E-state index in [9.17, 15) is 0 Å². The summed E-state index contributed by atoms with van der Waals surface area (Å²) in [5, 5.41) is 3.79. The van der Waals surface area contributed by atoms with Gasteiger partial charge in [0.15, 0.2) is 0 Å². The second-order valence-electron chi connectivity index (χ2n) is 13.9. The van der Waals surface area contributed by atoms with Crippen LogP contribution in [-0.4, -0.2) is 12.1 Å². The van der Waals surface area contributed by atoms with Crippen LogP contribution in [0.5, 0.6) is 0 Å². The lowest BCUT2D eigenvalue weighted by atomic mass is 9.86. The molecule has 1 aliphatic heterocycles. The molecule has 9 rings (SSSR count). The van der Waals surface area contributed by atoms with Gasteiger partial charge in [0.05, 0.1) is 12.1 Å². The van der Waals surface area contributed by atoms with Gasteiger partial charge in [-0.25, -0.2) is 0 Å². The Morgan fingerprint density at radius 1 is 0.500 bits per heavy atom. The fourth-order valence-corrected chi connectivity index (χ4v) is 8.22. The van der Waals surface area contributed by atoms with Crippen LogP contribution in [0.3, 0.4) is 0 Å². The maximum absolute atomic E-state index is 3.79. The Bertz CT molecular complexity index is 2150. The number of allylic oxidation sites excluding steroid dienone is 12. The van der Waals surface area contributed by atoms with Gasteiger partial charge in [0.2, 0.25) is 0 Å². The number of rotatable bonds is 7. The summed E-state index contributed by atoms with van der Waals surface area (Å²) in [6.07, 6.45) is 29.8. The first kappa shape index (κ1) is 30.5. The lowest BCUT2D eigenvalue weighted by Crippen LogP contribution is -2.38. The molecular weight excluding hydrogens is 605 g/mol. The minimum absolute atomic E-state index is 0.262. The van der Waals surface area contributed by atoms with Gasteiger partial charge >= 0.3 is 0 Å². The van der Waals surface area contributed by atoms with E-state index in [0.717, 1.165) is 44.2 Å². The molecule has 0 bridgehead atoms. The Hall–Kier alpha value is -5.60. The van der Waals surface area contributed by atoms with Crippen LogP contribution in [-0.2, 0) is 0 Å². The molecular formula is C48H42N2. The van der Waals surface area contributed by atoms with Crippen LogP contribution in [0.1, 0.15) is 55.2 Å². The quantitative estimate of drug-likeness (QED) is 0.215. The molecule has 0 radical (unpaired) electrons. The lowest BCUT2D eigenvalue weighted by molar-refractivity contribution is 0.651. The molecule has 0 saturated carbocycles. The highest BCUT2D eigenvalue weighted by atomic mass is 15.2. The van der Waals surface area contributed by atoms with Crippen LogP contribution in [0, 0.1) is 0 Å². The molecule has 50 heavy (non-hydrogen) atoms. The van der Waals surface area contributed by atoms with Gasteiger partial charge in [0.1, 0.15) is 0 Å². The fraction of sp³-hybridized carbons (Fsp3) is 0.167. The van der Waals surface area contributed by atoms with E-state index in [1.165, 1.54) is 67.1 Å². The maximum Gasteiger partial charge on any atom is 0.0607 e. The van der Waals surface area contributed by atoms with Crippen LogP contribution >= 0.6 is 0 Å². The van der Waals surface area contributed by atoms with Gasteiger partial charge in [-0.1, -0.05) is 127 Å². The molecule has 4 aliphatic carbocycles. The summed E-state index contributed by atoms with van der Waals surface area (Å²) in [7, 11) is 0. The van der Waals surface area contributed by atoms with E-state index in [0.29, 0.717) is 6.04 Å². The van der Waals surface area contributed by atoms with Crippen molar-refractivity contribution in [3.8, 4) is 11.1 Å². The van der Waals surface area contributed by atoms with Crippen molar-refractivity contribution in [2.24, 2.45) is 0 Å². The molecule has 0 amide bonds. The van der Waals surface area contributed by atoms with Crippen LogP contribution in [0.4, 0.5) is 11.4 Å². The first-order chi connectivity index (χ1) is 24.8. The summed E-state index contributed by atoms with van der Waals surface area (Å²) in [5.74, 6) is 0. The van der Waals surface area contributed by atoms with E-state index < -0.39 is 0 Å². The molecule has 2 heteroatoms. The molecule has 1 N–H and O–H groups in total. The van der Waals surface area contributed by atoms with Crippen LogP contribution in [0.2, 0.25) is 0 Å². The van der Waals surface area contributed by atoms with Crippen molar-refractivity contribution in [2.75, 3.05) is 10.2 Å². The summed E-state index contributed by atoms with van der Waals surface area (Å²) >= 11 is 0. The zero-order valence-corrected chi connectivity index (χ0v) is 28.4. The van der Waals surface area contributed by atoms with E-state index >= 15 is 0 Å². The standard InChI is InChI=1S/C48H42N2/c1-4-10-34(11-5-1)37-16-18-40(19-17-37)41-24-31-47-46(32-41)45-30-27-43(49-42-25-20-38(21-26-42)35-12-6-2-7-13-35)33-48(45)50(47)44-28-22-39(23-29-44)36-14-8-3-9-15-36/h3-4,6,8-30,32,47-49H,1-2,5,7,31,33H2. The Balaban J connectivity index is 1.02. The molecule has 1 saturated heterocycles. The summed E-state index contributed by atoms with van der Waals surface area (Å²) in [4.78, 5) is 2.68. The van der Waals surface area contributed by atoms with E-state index in [1.807, 2.05) is 0 Å². The van der Waals surface area contributed by atoms with E-state index in [1.54, 1.807) is 0 Å². The van der Waals surface area contributed by atoms with Crippen molar-refractivity contribution < 1.29 is 0 Å². The normalized spacial score (nSPS) is 20.8. The monoisotopic (exact) mass is 646 g/mol. The van der Waals surface area contributed by atoms with Crippen LogP contribution < -0.4 is 10.2 Å². The Morgan fingerprint density at radius 3 is 1.74 bits per heavy atom. The molecule has 2 unspecified atom stereocenters. The molecule has 0 spiro atoms. The summed E-state index contributed by atoms with van der Waals surface area (Å²) in [5.41, 5.74) is 16.9. The van der Waals surface area contributed by atoms with Gasteiger partial charge in [-0.05, 0) is 124 Å². The van der Waals surface area contributed by atoms with Crippen LogP contribution in [0.15, 0.2) is 181 Å². The molecule has 2 atom stereocenters. The zero-order valence-electron chi connectivity index (χ0n) is 28.4. The molecule has 5 aliphatic rings. The van der Waals surface area contributed by atoms with Crippen molar-refractivity contribution in [3.05, 3.63) is 197 Å². The molecule has 244 valence electrons. The van der Waals surface area contributed by atoms with Crippen molar-refractivity contribution >= 4 is 28.1 Å². The minimum Gasteiger partial charge on any atom is -0.359 e. The van der Waals surface area contributed by atoms with Crippen molar-refractivity contribution in [3.63, 3.8) is 0 Å². The highest BCUT2D eigenvalue weighted by molar-refractivity contribution is 5.83. The second-order valence-corrected chi connectivity index (χ2v) is 13.9. The Labute approximate surface area is 296 Å². The number of benzene rings is 4. The van der Waals surface area contributed by atoms with Gasteiger partial charge in [0, 0.05) is 23.5 Å². The molecule has 1 fully saturated rings. The third-order valence-electron chi connectivity index (χ3n) is 10.8. The third-order valence-corrected chi connectivity index (χ3v) is 10.8. The number of hydrogen-bond donors (Lipinski definition) is 1. The van der Waals surface area contributed by atoms with Crippen LogP contribution in [0.25, 0.3) is 27.8 Å². The van der Waals surface area contributed by atoms with Crippen molar-refractivity contribution in [1.82, 2.24) is 0 Å². The molecule has 2 nitrogen and oxygen atoms in total. The van der Waals surface area contributed by atoms with Gasteiger partial charge in [-0.15, -0.1) is 0 Å². The Kier molecular flexibility index (Phi) is 8.14. The maximum atomic E-state index is 3.79. The first-order valence-electron chi connectivity index (χ1n) is 18.3. The molecule has 4 aromatic rings. The summed E-state index contributed by atoms with van der Waals surface area (Å²) < 4.78 is 0. The first-order valence-corrected chi connectivity index (χ1v) is 18.3.